The van der Waals surface area contributed by atoms with Crippen LogP contribution < -0.4 is 10.9 Å². The van der Waals surface area contributed by atoms with Gasteiger partial charge < -0.3 is 10.1 Å². The number of hydrazine groups is 1. The van der Waals surface area contributed by atoms with Crippen LogP contribution in [0.3, 0.4) is 0 Å². The van der Waals surface area contributed by atoms with Gasteiger partial charge in [0.15, 0.2) is 0 Å². The van der Waals surface area contributed by atoms with Crippen LogP contribution >= 0.6 is 11.6 Å². The summed E-state index contributed by atoms with van der Waals surface area (Å²) in [5.41, 5.74) is 9.28. The summed E-state index contributed by atoms with van der Waals surface area (Å²) in [5, 5.41) is 9.81. The predicted molar refractivity (Wildman–Crippen MR) is 91.1 cm³/mol. The number of hydrogen-bond donors (Lipinski definition) is 4. The molecule has 1 aliphatic rings. The number of carboxylic acids is 1. The summed E-state index contributed by atoms with van der Waals surface area (Å²) in [6.07, 6.45) is 0. The SMILES string of the molecule is O=C(O)c1ccc2nc(C3CNNC3c3ccc(Cl)cc3)[nH]c2c1. The number of nitrogens with zero attached hydrogens (tertiary/aromatic N) is 1. The van der Waals surface area contributed by atoms with E-state index < -0.39 is 5.97 Å². The molecule has 122 valence electrons. The van der Waals surface area contributed by atoms with Crippen molar-refractivity contribution in [3.63, 3.8) is 0 Å². The molecule has 24 heavy (non-hydrogen) atoms. The van der Waals surface area contributed by atoms with E-state index in [2.05, 4.69) is 20.8 Å². The van der Waals surface area contributed by atoms with Crippen LogP contribution in [-0.4, -0.2) is 27.6 Å². The van der Waals surface area contributed by atoms with E-state index in [9.17, 15) is 4.79 Å². The Morgan fingerprint density at radius 2 is 2.00 bits per heavy atom. The van der Waals surface area contributed by atoms with E-state index in [4.69, 9.17) is 16.7 Å². The number of aromatic nitrogens is 2. The van der Waals surface area contributed by atoms with Gasteiger partial charge in [0.1, 0.15) is 5.82 Å². The van der Waals surface area contributed by atoms with Crippen LogP contribution in [0.15, 0.2) is 42.5 Å². The van der Waals surface area contributed by atoms with Crippen LogP contribution in [0.2, 0.25) is 5.02 Å². The van der Waals surface area contributed by atoms with Crippen molar-refractivity contribution in [3.8, 4) is 0 Å². The topological polar surface area (TPSA) is 90.0 Å². The maximum Gasteiger partial charge on any atom is 0.335 e. The van der Waals surface area contributed by atoms with Gasteiger partial charge in [-0.3, -0.25) is 5.43 Å². The third-order valence-electron chi connectivity index (χ3n) is 4.31. The Bertz CT molecular complexity index is 907. The lowest BCUT2D eigenvalue weighted by atomic mass is 9.94. The van der Waals surface area contributed by atoms with Crippen LogP contribution in [0, 0.1) is 0 Å². The Balaban J connectivity index is 1.70. The third kappa shape index (κ3) is 2.65. The number of aromatic carboxylic acids is 1. The van der Waals surface area contributed by atoms with Gasteiger partial charge in [-0.05, 0) is 35.9 Å². The number of hydrogen-bond acceptors (Lipinski definition) is 4. The molecule has 2 aromatic carbocycles. The number of fused-ring (bicyclic) bond motifs is 1. The quantitative estimate of drug-likeness (QED) is 0.587. The second kappa shape index (κ2) is 5.90. The monoisotopic (exact) mass is 342 g/mol. The first-order valence-corrected chi connectivity index (χ1v) is 7.96. The minimum Gasteiger partial charge on any atom is -0.478 e. The molecule has 6 nitrogen and oxygen atoms in total. The van der Waals surface area contributed by atoms with Gasteiger partial charge in [-0.2, -0.15) is 0 Å². The van der Waals surface area contributed by atoms with Crippen LogP contribution in [-0.2, 0) is 0 Å². The molecule has 4 rings (SSSR count). The fourth-order valence-electron chi connectivity index (χ4n) is 3.08. The number of nitrogens with one attached hydrogen (secondary N) is 3. The van der Waals surface area contributed by atoms with E-state index >= 15 is 0 Å². The van der Waals surface area contributed by atoms with E-state index in [0.29, 0.717) is 5.02 Å². The number of halogens is 1. The van der Waals surface area contributed by atoms with E-state index in [0.717, 1.165) is 29.0 Å². The lowest BCUT2D eigenvalue weighted by molar-refractivity contribution is 0.0697. The lowest BCUT2D eigenvalue weighted by Crippen LogP contribution is -2.24. The van der Waals surface area contributed by atoms with E-state index in [-0.39, 0.29) is 17.5 Å². The Kier molecular flexibility index (Phi) is 3.72. The molecular formula is C17H15ClN4O2. The van der Waals surface area contributed by atoms with Crippen molar-refractivity contribution in [1.82, 2.24) is 20.8 Å². The zero-order valence-corrected chi connectivity index (χ0v) is 13.3. The maximum atomic E-state index is 11.1. The Morgan fingerprint density at radius 3 is 2.75 bits per heavy atom. The van der Waals surface area contributed by atoms with Gasteiger partial charge in [0.25, 0.3) is 0 Å². The molecule has 0 aliphatic carbocycles. The Labute approximate surface area is 142 Å². The lowest BCUT2D eigenvalue weighted by Gasteiger charge is -2.17. The predicted octanol–water partition coefficient (Wildman–Crippen LogP) is 2.85. The van der Waals surface area contributed by atoms with E-state index in [1.807, 2.05) is 24.3 Å². The summed E-state index contributed by atoms with van der Waals surface area (Å²) in [5.74, 6) is -0.0202. The molecule has 2 heterocycles. The minimum atomic E-state index is -0.948. The molecule has 2 unspecified atom stereocenters. The number of rotatable bonds is 3. The van der Waals surface area contributed by atoms with Crippen LogP contribution in [0.25, 0.3) is 11.0 Å². The number of aromatic amines is 1. The van der Waals surface area contributed by atoms with E-state index in [1.54, 1.807) is 18.2 Å². The molecule has 2 atom stereocenters. The van der Waals surface area contributed by atoms with Crippen molar-refractivity contribution in [2.45, 2.75) is 12.0 Å². The highest BCUT2D eigenvalue weighted by Crippen LogP contribution is 2.33. The third-order valence-corrected chi connectivity index (χ3v) is 4.56. The fraction of sp³-hybridized carbons (Fsp3) is 0.176. The molecule has 1 fully saturated rings. The van der Waals surface area contributed by atoms with Gasteiger partial charge in [0.05, 0.1) is 28.6 Å². The summed E-state index contributed by atoms with van der Waals surface area (Å²) in [6, 6.07) is 12.7. The van der Waals surface area contributed by atoms with Crippen LogP contribution in [0.4, 0.5) is 0 Å². The fourth-order valence-corrected chi connectivity index (χ4v) is 3.20. The number of carbonyl (C=O) groups is 1. The minimum absolute atomic E-state index is 0.0572. The first-order valence-electron chi connectivity index (χ1n) is 7.58. The summed E-state index contributed by atoms with van der Waals surface area (Å²) >= 11 is 5.96. The molecule has 0 spiro atoms. The number of H-pyrrole nitrogens is 1. The smallest absolute Gasteiger partial charge is 0.335 e. The zero-order chi connectivity index (χ0) is 16.7. The van der Waals surface area contributed by atoms with Gasteiger partial charge in [-0.15, -0.1) is 0 Å². The molecule has 1 aromatic heterocycles. The van der Waals surface area contributed by atoms with Crippen molar-refractivity contribution >= 4 is 28.6 Å². The highest BCUT2D eigenvalue weighted by Gasteiger charge is 2.31. The average Bonchev–Trinajstić information content (AvgIpc) is 3.21. The van der Waals surface area contributed by atoms with E-state index in [1.165, 1.54) is 0 Å². The van der Waals surface area contributed by atoms with Gasteiger partial charge in [0.2, 0.25) is 0 Å². The number of benzene rings is 2. The maximum absolute atomic E-state index is 11.1. The molecule has 1 aliphatic heterocycles. The number of carboxylic acid groups (broad SMARTS) is 1. The molecule has 0 bridgehead atoms. The molecule has 0 saturated carbocycles. The second-order valence-corrected chi connectivity index (χ2v) is 6.26. The van der Waals surface area contributed by atoms with Gasteiger partial charge in [-0.1, -0.05) is 23.7 Å². The zero-order valence-electron chi connectivity index (χ0n) is 12.6. The largest absolute Gasteiger partial charge is 0.478 e. The Morgan fingerprint density at radius 1 is 1.21 bits per heavy atom. The first-order chi connectivity index (χ1) is 11.6. The average molecular weight is 343 g/mol. The molecule has 0 amide bonds. The summed E-state index contributed by atoms with van der Waals surface area (Å²) < 4.78 is 0. The van der Waals surface area contributed by atoms with Crippen molar-refractivity contribution < 1.29 is 9.90 Å². The van der Waals surface area contributed by atoms with Crippen molar-refractivity contribution in [2.24, 2.45) is 0 Å². The van der Waals surface area contributed by atoms with Gasteiger partial charge in [-0.25, -0.2) is 15.2 Å². The Hall–Kier alpha value is -2.41. The van der Waals surface area contributed by atoms with Gasteiger partial charge >= 0.3 is 5.97 Å². The molecule has 0 radical (unpaired) electrons. The summed E-state index contributed by atoms with van der Waals surface area (Å²) in [7, 11) is 0. The van der Waals surface area contributed by atoms with Gasteiger partial charge in [0, 0.05) is 11.6 Å². The van der Waals surface area contributed by atoms with Crippen LogP contribution in [0.1, 0.15) is 33.7 Å². The highest BCUT2D eigenvalue weighted by molar-refractivity contribution is 6.30. The van der Waals surface area contributed by atoms with Crippen molar-refractivity contribution in [1.29, 1.82) is 0 Å². The standard InChI is InChI=1S/C17H15ClN4O2/c18-11-4-1-9(2-5-11)15-12(8-19-22-15)16-20-13-6-3-10(17(23)24)7-14(13)21-16/h1-7,12,15,19,22H,8H2,(H,20,21)(H,23,24). The molecule has 3 aromatic rings. The van der Waals surface area contributed by atoms with Crippen LogP contribution in [0.5, 0.6) is 0 Å². The molecule has 7 heteroatoms. The normalized spacial score (nSPS) is 20.5. The summed E-state index contributed by atoms with van der Waals surface area (Å²) in [6.45, 7) is 0.721. The number of imidazole rings is 1. The molecule has 4 N–H and O–H groups in total. The first kappa shape index (κ1) is 15.1. The van der Waals surface area contributed by atoms with Crippen molar-refractivity contribution in [3.05, 3.63) is 64.4 Å². The van der Waals surface area contributed by atoms with Crippen molar-refractivity contribution in [2.75, 3.05) is 6.54 Å². The molecule has 1 saturated heterocycles. The highest BCUT2D eigenvalue weighted by atomic mass is 35.5. The second-order valence-electron chi connectivity index (χ2n) is 5.82. The molecular weight excluding hydrogens is 328 g/mol. The summed E-state index contributed by atoms with van der Waals surface area (Å²) in [4.78, 5) is 19.0.